The Morgan fingerprint density at radius 1 is 1.41 bits per heavy atom. The number of ether oxygens (including phenoxy) is 2. The molecular weight excluding hydrogens is 352 g/mol. The molecule has 1 aromatic carbocycles. The van der Waals surface area contributed by atoms with E-state index in [0.29, 0.717) is 5.33 Å². The molecule has 0 N–H and O–H groups in total. The van der Waals surface area contributed by atoms with E-state index in [1.54, 1.807) is 0 Å². The molecule has 2 atom stereocenters. The molecule has 3 nitrogen and oxygen atoms in total. The van der Waals surface area contributed by atoms with Gasteiger partial charge in [-0.3, -0.25) is 0 Å². The Hall–Kier alpha value is -0.390. The molecule has 0 amide bonds. The summed E-state index contributed by atoms with van der Waals surface area (Å²) in [5, 5.41) is 0.658. The van der Waals surface area contributed by atoms with Gasteiger partial charge >= 0.3 is 5.97 Å². The molecule has 0 radical (unpaired) electrons. The second-order valence-corrected chi connectivity index (χ2v) is 5.03. The molecule has 0 fully saturated rings. The summed E-state index contributed by atoms with van der Waals surface area (Å²) in [6.45, 7) is 1.89. The smallest absolute Gasteiger partial charge is 0.339 e. The highest BCUT2D eigenvalue weighted by Crippen LogP contribution is 2.28. The van der Waals surface area contributed by atoms with E-state index in [4.69, 9.17) is 9.47 Å². The Morgan fingerprint density at radius 2 is 2.06 bits per heavy atom. The lowest BCUT2D eigenvalue weighted by molar-refractivity contribution is -0.157. The van der Waals surface area contributed by atoms with Crippen LogP contribution in [0.4, 0.5) is 0 Å². The summed E-state index contributed by atoms with van der Waals surface area (Å²) in [7, 11) is 1.36. The van der Waals surface area contributed by atoms with Gasteiger partial charge in [-0.15, -0.1) is 0 Å². The molecular formula is C12H14Br2O3. The van der Waals surface area contributed by atoms with Gasteiger partial charge in [0, 0.05) is 15.4 Å². The second kappa shape index (κ2) is 7.13. The van der Waals surface area contributed by atoms with Gasteiger partial charge in [0.25, 0.3) is 0 Å². The molecule has 0 aliphatic rings. The van der Waals surface area contributed by atoms with Crippen LogP contribution in [0, 0.1) is 0 Å². The molecule has 0 aliphatic heterocycles. The molecule has 0 spiro atoms. The topological polar surface area (TPSA) is 35.5 Å². The van der Waals surface area contributed by atoms with Crippen molar-refractivity contribution in [3.8, 4) is 0 Å². The van der Waals surface area contributed by atoms with Crippen LogP contribution in [0.1, 0.15) is 18.6 Å². The Labute approximate surface area is 118 Å². The van der Waals surface area contributed by atoms with Crippen molar-refractivity contribution in [2.75, 3.05) is 12.4 Å². The second-order valence-electron chi connectivity index (χ2n) is 3.53. The van der Waals surface area contributed by atoms with Crippen LogP contribution in [-0.2, 0) is 14.3 Å². The zero-order chi connectivity index (χ0) is 12.8. The summed E-state index contributed by atoms with van der Waals surface area (Å²) in [5.41, 5.74) is 0.771. The molecule has 17 heavy (non-hydrogen) atoms. The fraction of sp³-hybridized carbons (Fsp3) is 0.417. The van der Waals surface area contributed by atoms with E-state index in [2.05, 4.69) is 31.9 Å². The van der Waals surface area contributed by atoms with Crippen molar-refractivity contribution in [1.82, 2.24) is 0 Å². The Morgan fingerprint density at radius 3 is 2.59 bits per heavy atom. The number of hydrogen-bond donors (Lipinski definition) is 0. The van der Waals surface area contributed by atoms with Gasteiger partial charge in [-0.1, -0.05) is 50.1 Å². The third kappa shape index (κ3) is 4.08. The van der Waals surface area contributed by atoms with Crippen LogP contribution in [0.3, 0.4) is 0 Å². The number of carbonyl (C=O) groups excluding carboxylic acids is 1. The standard InChI is InChI=1S/C12H14Br2O3/c1-8(7-13)17-11(12(15)16-2)9-5-3-4-6-10(9)14/h3-6,8,11H,7H2,1-2H3. The van der Waals surface area contributed by atoms with E-state index in [1.165, 1.54) is 7.11 Å². The van der Waals surface area contributed by atoms with Gasteiger partial charge < -0.3 is 9.47 Å². The van der Waals surface area contributed by atoms with Crippen LogP contribution in [0.25, 0.3) is 0 Å². The third-order valence-electron chi connectivity index (χ3n) is 2.19. The van der Waals surface area contributed by atoms with E-state index in [0.717, 1.165) is 10.0 Å². The van der Waals surface area contributed by atoms with Gasteiger partial charge in [-0.05, 0) is 13.0 Å². The lowest BCUT2D eigenvalue weighted by Gasteiger charge is -2.20. The predicted molar refractivity (Wildman–Crippen MR) is 73.2 cm³/mol. The van der Waals surface area contributed by atoms with Crippen molar-refractivity contribution in [2.24, 2.45) is 0 Å². The van der Waals surface area contributed by atoms with Crippen molar-refractivity contribution in [3.05, 3.63) is 34.3 Å². The molecule has 1 rings (SSSR count). The highest BCUT2D eigenvalue weighted by atomic mass is 79.9. The summed E-state index contributed by atoms with van der Waals surface area (Å²) >= 11 is 6.72. The molecule has 0 saturated heterocycles. The van der Waals surface area contributed by atoms with Crippen LogP contribution in [0.15, 0.2) is 28.7 Å². The number of esters is 1. The first-order chi connectivity index (χ1) is 8.10. The van der Waals surface area contributed by atoms with Gasteiger partial charge in [0.1, 0.15) is 0 Å². The molecule has 0 aliphatic carbocycles. The van der Waals surface area contributed by atoms with Gasteiger partial charge in [-0.25, -0.2) is 4.79 Å². The average molecular weight is 366 g/mol. The number of benzene rings is 1. The van der Waals surface area contributed by atoms with Crippen molar-refractivity contribution in [2.45, 2.75) is 19.1 Å². The molecule has 94 valence electrons. The van der Waals surface area contributed by atoms with Crippen molar-refractivity contribution >= 4 is 37.8 Å². The maximum absolute atomic E-state index is 11.7. The molecule has 1 aromatic rings. The molecule has 0 aromatic heterocycles. The summed E-state index contributed by atoms with van der Waals surface area (Å²) in [5.74, 6) is -0.398. The van der Waals surface area contributed by atoms with Gasteiger partial charge in [0.15, 0.2) is 6.10 Å². The number of halogens is 2. The lowest BCUT2D eigenvalue weighted by Crippen LogP contribution is -2.23. The quantitative estimate of drug-likeness (QED) is 0.592. The number of methoxy groups -OCH3 is 1. The SMILES string of the molecule is COC(=O)C(OC(C)CBr)c1ccccc1Br. The fourth-order valence-electron chi connectivity index (χ4n) is 1.32. The van der Waals surface area contributed by atoms with E-state index < -0.39 is 12.1 Å². The van der Waals surface area contributed by atoms with Crippen LogP contribution in [0.5, 0.6) is 0 Å². The average Bonchev–Trinajstić information content (AvgIpc) is 2.35. The highest BCUT2D eigenvalue weighted by molar-refractivity contribution is 9.10. The minimum atomic E-state index is -0.705. The van der Waals surface area contributed by atoms with Crippen molar-refractivity contribution < 1.29 is 14.3 Å². The number of hydrogen-bond acceptors (Lipinski definition) is 3. The maximum Gasteiger partial charge on any atom is 0.339 e. The Bertz CT molecular complexity index is 382. The van der Waals surface area contributed by atoms with Crippen molar-refractivity contribution in [1.29, 1.82) is 0 Å². The van der Waals surface area contributed by atoms with Crippen LogP contribution < -0.4 is 0 Å². The van der Waals surface area contributed by atoms with E-state index in [-0.39, 0.29) is 6.10 Å². The highest BCUT2D eigenvalue weighted by Gasteiger charge is 2.25. The van der Waals surface area contributed by atoms with Gasteiger partial charge in [0.05, 0.1) is 13.2 Å². The summed E-state index contributed by atoms with van der Waals surface area (Å²) in [6, 6.07) is 7.45. The number of rotatable bonds is 5. The minimum absolute atomic E-state index is 0.0776. The first kappa shape index (κ1) is 14.7. The van der Waals surface area contributed by atoms with Crippen LogP contribution >= 0.6 is 31.9 Å². The summed E-state index contributed by atoms with van der Waals surface area (Å²) < 4.78 is 11.3. The maximum atomic E-state index is 11.7. The number of alkyl halides is 1. The fourth-order valence-corrected chi connectivity index (χ4v) is 1.96. The van der Waals surface area contributed by atoms with Gasteiger partial charge in [-0.2, -0.15) is 0 Å². The lowest BCUT2D eigenvalue weighted by atomic mass is 10.1. The summed E-state index contributed by atoms with van der Waals surface area (Å²) in [4.78, 5) is 11.7. The first-order valence-electron chi connectivity index (χ1n) is 5.13. The summed E-state index contributed by atoms with van der Waals surface area (Å²) in [6.07, 6.45) is -0.783. The first-order valence-corrected chi connectivity index (χ1v) is 7.05. The monoisotopic (exact) mass is 364 g/mol. The number of carbonyl (C=O) groups is 1. The Kier molecular flexibility index (Phi) is 6.16. The predicted octanol–water partition coefficient (Wildman–Crippen LogP) is 3.46. The van der Waals surface area contributed by atoms with Crippen LogP contribution in [0.2, 0.25) is 0 Å². The zero-order valence-electron chi connectivity index (χ0n) is 9.65. The van der Waals surface area contributed by atoms with E-state index in [1.807, 2.05) is 31.2 Å². The molecule has 5 heteroatoms. The molecule has 0 bridgehead atoms. The van der Waals surface area contributed by atoms with Gasteiger partial charge in [0.2, 0.25) is 0 Å². The molecule has 0 heterocycles. The van der Waals surface area contributed by atoms with E-state index >= 15 is 0 Å². The third-order valence-corrected chi connectivity index (χ3v) is 3.82. The van der Waals surface area contributed by atoms with Crippen LogP contribution in [-0.4, -0.2) is 24.5 Å². The molecule has 0 saturated carbocycles. The zero-order valence-corrected chi connectivity index (χ0v) is 12.8. The van der Waals surface area contributed by atoms with E-state index in [9.17, 15) is 4.79 Å². The minimum Gasteiger partial charge on any atom is -0.467 e. The largest absolute Gasteiger partial charge is 0.467 e. The Balaban J connectivity index is 2.98. The normalized spacial score (nSPS) is 14.1. The molecule has 2 unspecified atom stereocenters. The van der Waals surface area contributed by atoms with Crippen molar-refractivity contribution in [3.63, 3.8) is 0 Å².